The van der Waals surface area contributed by atoms with Gasteiger partial charge in [-0.3, -0.25) is 9.69 Å². The number of anilines is 3. The average Bonchev–Trinajstić information content (AvgIpc) is 3.08. The number of benzene rings is 1. The molecule has 0 aliphatic carbocycles. The van der Waals surface area contributed by atoms with Crippen LogP contribution in [0.2, 0.25) is 0 Å². The van der Waals surface area contributed by atoms with Gasteiger partial charge < -0.3 is 21.5 Å². The highest BCUT2D eigenvalue weighted by Crippen LogP contribution is 2.26. The number of aliphatic hydroxyl groups is 1. The van der Waals surface area contributed by atoms with E-state index in [1.165, 1.54) is 13.3 Å². The normalized spacial score (nSPS) is 20.0. The number of aromatic nitrogens is 3. The smallest absolute Gasteiger partial charge is 0.221 e. The highest BCUT2D eigenvalue weighted by molar-refractivity contribution is 5.89. The molecule has 3 aromatic rings. The van der Waals surface area contributed by atoms with Gasteiger partial charge in [-0.1, -0.05) is 6.07 Å². The topological polar surface area (TPSA) is 121 Å². The summed E-state index contributed by atoms with van der Waals surface area (Å²) in [7, 11) is 0. The number of amides is 1. The van der Waals surface area contributed by atoms with Gasteiger partial charge in [-0.25, -0.2) is 9.50 Å². The van der Waals surface area contributed by atoms with Crippen molar-refractivity contribution < 1.29 is 9.90 Å². The fourth-order valence-electron chi connectivity index (χ4n) is 3.65. The van der Waals surface area contributed by atoms with Crippen LogP contribution in [0.4, 0.5) is 17.2 Å². The van der Waals surface area contributed by atoms with E-state index in [1.54, 1.807) is 4.52 Å². The molecule has 2 aromatic heterocycles. The predicted molar refractivity (Wildman–Crippen MR) is 111 cm³/mol. The number of hydrogen-bond donors (Lipinski definition) is 4. The molecule has 2 atom stereocenters. The van der Waals surface area contributed by atoms with Crippen molar-refractivity contribution >= 4 is 28.6 Å². The molecule has 9 nitrogen and oxygen atoms in total. The van der Waals surface area contributed by atoms with Crippen molar-refractivity contribution in [2.45, 2.75) is 32.0 Å². The zero-order chi connectivity index (χ0) is 20.4. The zero-order valence-electron chi connectivity index (χ0n) is 16.2. The molecule has 0 bridgehead atoms. The summed E-state index contributed by atoms with van der Waals surface area (Å²) in [6.07, 6.45) is 3.66. The minimum absolute atomic E-state index is 0.121. The number of nitrogens with zero attached hydrogens (tertiary/aromatic N) is 4. The van der Waals surface area contributed by atoms with E-state index < -0.39 is 6.10 Å². The van der Waals surface area contributed by atoms with Crippen LogP contribution in [0, 0.1) is 0 Å². The number of likely N-dealkylation sites (tertiary alicyclic amines) is 1. The van der Waals surface area contributed by atoms with Gasteiger partial charge in [0.05, 0.1) is 6.10 Å². The lowest BCUT2D eigenvalue weighted by Crippen LogP contribution is -2.50. The molecule has 0 radical (unpaired) electrons. The standard InChI is InChI=1S/C20H25N7O2/c1-13(28)24-15-3-2-4-16(9-15)25-20-19-14(5-8-27(19)23-12-22-20)10-26-7-6-17(21)18(29)11-26/h2-5,8-9,12,17-18,29H,6-7,10-11,21H2,1H3,(H,24,28)(H,22,23,25)/t17-,18-/m1/s1. The van der Waals surface area contributed by atoms with Crippen LogP contribution in [-0.4, -0.2) is 55.7 Å². The maximum Gasteiger partial charge on any atom is 0.221 e. The Bertz CT molecular complexity index is 1020. The SMILES string of the molecule is CC(=O)Nc1cccc(Nc2ncnn3ccc(CN4CC[C@@H](N)[C@H](O)C4)c23)c1. The van der Waals surface area contributed by atoms with Crippen molar-refractivity contribution in [3.63, 3.8) is 0 Å². The highest BCUT2D eigenvalue weighted by atomic mass is 16.3. The molecule has 0 saturated carbocycles. The Labute approximate surface area is 168 Å². The molecule has 1 aromatic carbocycles. The summed E-state index contributed by atoms with van der Waals surface area (Å²) < 4.78 is 1.79. The van der Waals surface area contributed by atoms with Crippen molar-refractivity contribution in [3.05, 3.63) is 48.4 Å². The van der Waals surface area contributed by atoms with Crippen molar-refractivity contribution in [2.24, 2.45) is 5.73 Å². The van der Waals surface area contributed by atoms with Gasteiger partial charge in [0.15, 0.2) is 5.82 Å². The maximum atomic E-state index is 11.3. The Kier molecular flexibility index (Phi) is 5.43. The number of nitrogens with one attached hydrogen (secondary N) is 2. The third-order valence-corrected chi connectivity index (χ3v) is 5.10. The molecule has 5 N–H and O–H groups in total. The van der Waals surface area contributed by atoms with E-state index in [0.29, 0.717) is 24.6 Å². The van der Waals surface area contributed by atoms with Gasteiger partial charge in [0.2, 0.25) is 5.91 Å². The van der Waals surface area contributed by atoms with Crippen LogP contribution >= 0.6 is 0 Å². The van der Waals surface area contributed by atoms with Crippen LogP contribution in [0.25, 0.3) is 5.52 Å². The van der Waals surface area contributed by atoms with E-state index in [-0.39, 0.29) is 11.9 Å². The lowest BCUT2D eigenvalue weighted by Gasteiger charge is -2.33. The Morgan fingerprint density at radius 3 is 2.97 bits per heavy atom. The van der Waals surface area contributed by atoms with Gasteiger partial charge in [0, 0.05) is 50.2 Å². The third kappa shape index (κ3) is 4.37. The lowest BCUT2D eigenvalue weighted by molar-refractivity contribution is -0.114. The van der Waals surface area contributed by atoms with Gasteiger partial charge in [-0.05, 0) is 36.2 Å². The Morgan fingerprint density at radius 2 is 2.17 bits per heavy atom. The number of nitrogens with two attached hydrogens (primary N) is 1. The summed E-state index contributed by atoms with van der Waals surface area (Å²) in [6, 6.07) is 9.32. The average molecular weight is 395 g/mol. The molecule has 1 saturated heterocycles. The van der Waals surface area contributed by atoms with E-state index >= 15 is 0 Å². The molecule has 1 fully saturated rings. The first kappa shape index (κ1) is 19.3. The van der Waals surface area contributed by atoms with Crippen LogP contribution in [0.15, 0.2) is 42.9 Å². The number of carbonyl (C=O) groups excluding carboxylic acids is 1. The number of β-amino-alcohol motifs (C(OH)–C–C–N with tert-alkyl or cyclic N) is 1. The van der Waals surface area contributed by atoms with E-state index in [1.807, 2.05) is 36.5 Å². The van der Waals surface area contributed by atoms with Crippen LogP contribution in [-0.2, 0) is 11.3 Å². The molecule has 1 amide bonds. The van der Waals surface area contributed by atoms with Crippen LogP contribution in [0.3, 0.4) is 0 Å². The van der Waals surface area contributed by atoms with Crippen LogP contribution in [0.5, 0.6) is 0 Å². The van der Waals surface area contributed by atoms with Crippen LogP contribution in [0.1, 0.15) is 18.9 Å². The van der Waals surface area contributed by atoms with Crippen LogP contribution < -0.4 is 16.4 Å². The Balaban J connectivity index is 1.59. The molecule has 1 aliphatic rings. The predicted octanol–water partition coefficient (Wildman–Crippen LogP) is 1.33. The molecule has 0 spiro atoms. The molecule has 152 valence electrons. The van der Waals surface area contributed by atoms with E-state index in [4.69, 9.17) is 5.73 Å². The largest absolute Gasteiger partial charge is 0.390 e. The highest BCUT2D eigenvalue weighted by Gasteiger charge is 2.25. The second kappa shape index (κ2) is 8.16. The van der Waals surface area contributed by atoms with E-state index in [9.17, 15) is 9.90 Å². The number of aliphatic hydroxyl groups excluding tert-OH is 1. The van der Waals surface area contributed by atoms with Crippen molar-refractivity contribution in [1.29, 1.82) is 0 Å². The molecular formula is C20H25N7O2. The quantitative estimate of drug-likeness (QED) is 0.514. The summed E-state index contributed by atoms with van der Waals surface area (Å²) in [4.78, 5) is 17.9. The number of rotatable bonds is 5. The molecular weight excluding hydrogens is 370 g/mol. The van der Waals surface area contributed by atoms with Crippen molar-refractivity contribution in [2.75, 3.05) is 23.7 Å². The minimum Gasteiger partial charge on any atom is -0.390 e. The molecule has 0 unspecified atom stereocenters. The number of hydrogen-bond acceptors (Lipinski definition) is 7. The molecule has 1 aliphatic heterocycles. The fourth-order valence-corrected chi connectivity index (χ4v) is 3.65. The van der Waals surface area contributed by atoms with Gasteiger partial charge in [-0.2, -0.15) is 5.10 Å². The van der Waals surface area contributed by atoms with Gasteiger partial charge in [0.1, 0.15) is 11.8 Å². The van der Waals surface area contributed by atoms with Gasteiger partial charge in [0.25, 0.3) is 0 Å². The van der Waals surface area contributed by atoms with Gasteiger partial charge in [-0.15, -0.1) is 0 Å². The second-order valence-electron chi connectivity index (χ2n) is 7.38. The number of piperidine rings is 1. The first-order valence-electron chi connectivity index (χ1n) is 9.61. The number of carbonyl (C=O) groups is 1. The first-order valence-corrected chi connectivity index (χ1v) is 9.61. The summed E-state index contributed by atoms with van der Waals surface area (Å²) in [5.41, 5.74) is 9.38. The summed E-state index contributed by atoms with van der Waals surface area (Å²) in [5.74, 6) is 0.554. The number of fused-ring (bicyclic) bond motifs is 1. The minimum atomic E-state index is -0.511. The Morgan fingerprint density at radius 1 is 1.34 bits per heavy atom. The third-order valence-electron chi connectivity index (χ3n) is 5.10. The maximum absolute atomic E-state index is 11.3. The monoisotopic (exact) mass is 395 g/mol. The van der Waals surface area contributed by atoms with Gasteiger partial charge >= 0.3 is 0 Å². The van der Waals surface area contributed by atoms with Crippen molar-refractivity contribution in [3.8, 4) is 0 Å². The first-order chi connectivity index (χ1) is 14.0. The molecule has 4 rings (SSSR count). The van der Waals surface area contributed by atoms with E-state index in [0.717, 1.165) is 29.7 Å². The molecule has 9 heteroatoms. The van der Waals surface area contributed by atoms with Crippen molar-refractivity contribution in [1.82, 2.24) is 19.5 Å². The summed E-state index contributed by atoms with van der Waals surface area (Å²) >= 11 is 0. The fraction of sp³-hybridized carbons (Fsp3) is 0.350. The molecule has 29 heavy (non-hydrogen) atoms. The zero-order valence-corrected chi connectivity index (χ0v) is 16.2. The second-order valence-corrected chi connectivity index (χ2v) is 7.38. The summed E-state index contributed by atoms with van der Waals surface area (Å²) in [6.45, 7) is 3.54. The Hall–Kier alpha value is -3.01. The summed E-state index contributed by atoms with van der Waals surface area (Å²) in [5, 5.41) is 20.5. The lowest BCUT2D eigenvalue weighted by atomic mass is 10.0. The molecule has 3 heterocycles. The van der Waals surface area contributed by atoms with E-state index in [2.05, 4.69) is 25.6 Å².